The van der Waals surface area contributed by atoms with Crippen molar-refractivity contribution in [2.45, 2.75) is 26.7 Å². The van der Waals surface area contributed by atoms with Crippen molar-refractivity contribution in [2.75, 3.05) is 13.1 Å². The van der Waals surface area contributed by atoms with E-state index >= 15 is 0 Å². The molecule has 19 heavy (non-hydrogen) atoms. The first-order chi connectivity index (χ1) is 8.12. The molecule has 0 bridgehead atoms. The summed E-state index contributed by atoms with van der Waals surface area (Å²) in [6.45, 7) is 4.32. The van der Waals surface area contributed by atoms with Crippen LogP contribution >= 0.6 is 0 Å². The molecular formula is C6H16N2O8PtS2. The molecule has 0 unspecified atom stereocenters. The van der Waals surface area contributed by atoms with E-state index in [0.29, 0.717) is 25.9 Å². The van der Waals surface area contributed by atoms with Crippen LogP contribution in [0.1, 0.15) is 26.7 Å². The minimum atomic E-state index is -4.56. The van der Waals surface area contributed by atoms with Gasteiger partial charge in [0.1, 0.15) is 0 Å². The van der Waals surface area contributed by atoms with Gasteiger partial charge < -0.3 is 9.11 Å². The molecule has 0 heterocycles. The van der Waals surface area contributed by atoms with Crippen LogP contribution in [0.25, 0.3) is 0 Å². The molecule has 120 valence electrons. The third-order valence-corrected chi connectivity index (χ3v) is 1.67. The summed E-state index contributed by atoms with van der Waals surface area (Å²) in [4.78, 5) is 0. The van der Waals surface area contributed by atoms with Crippen molar-refractivity contribution in [2.24, 2.45) is 0 Å². The first-order valence-electron chi connectivity index (χ1n) is 4.86. The fourth-order valence-electron chi connectivity index (χ4n) is 0.432. The Balaban J connectivity index is -0.000000256. The van der Waals surface area contributed by atoms with Crippen molar-refractivity contribution in [3.05, 3.63) is 0 Å². The normalized spacial score (nSPS) is 11.2. The molecule has 0 amide bonds. The van der Waals surface area contributed by atoms with Gasteiger partial charge in [-0.05, 0) is 12.8 Å². The van der Waals surface area contributed by atoms with Gasteiger partial charge in [-0.15, -0.1) is 0 Å². The first kappa shape index (κ1) is 24.4. The zero-order valence-electron chi connectivity index (χ0n) is 10.2. The summed E-state index contributed by atoms with van der Waals surface area (Å²) >= 11 is 0. The van der Waals surface area contributed by atoms with Crippen LogP contribution in [0, 0.1) is 0 Å². The molecule has 0 fully saturated rings. The average molecular weight is 503 g/mol. The Hall–Kier alpha value is 0.348. The largest absolute Gasteiger partial charge is 2.00 e. The van der Waals surface area contributed by atoms with Gasteiger partial charge in [-0.25, -0.2) is 16.8 Å². The molecule has 0 aliphatic carbocycles. The number of hydrogen-bond acceptors (Lipinski definition) is 10. The summed E-state index contributed by atoms with van der Waals surface area (Å²) in [6.07, 6.45) is 1.41. The van der Waals surface area contributed by atoms with Crippen molar-refractivity contribution in [3.8, 4) is 0 Å². The molecule has 0 aromatic rings. The molecule has 0 radical (unpaired) electrons. The average Bonchev–Trinajstić information content (AvgIpc) is 2.16. The molecule has 0 aromatic carbocycles. The molecule has 0 aliphatic heterocycles. The minimum absolute atomic E-state index is 0. The third-order valence-electron chi connectivity index (χ3n) is 1.03. The standard InChI is InChI=1S/2C3H9NO4S.Pt/c2*1-2-3-4-8-9(5,6)7;/h2*4H,2-3H2,1H3,(H,5,6,7);/q;;+2/p-2. The Morgan fingerprint density at radius 3 is 1.26 bits per heavy atom. The van der Waals surface area contributed by atoms with Gasteiger partial charge in [0, 0.05) is 13.1 Å². The topological polar surface area (TPSA) is 157 Å². The van der Waals surface area contributed by atoms with Gasteiger partial charge in [0.05, 0.1) is 0 Å². The quantitative estimate of drug-likeness (QED) is 0.178. The Bertz CT molecular complexity index is 346. The van der Waals surface area contributed by atoms with Gasteiger partial charge in [0.2, 0.25) is 20.8 Å². The molecule has 0 rings (SSSR count). The molecule has 0 aromatic heterocycles. The summed E-state index contributed by atoms with van der Waals surface area (Å²) in [5.74, 6) is 0. The van der Waals surface area contributed by atoms with E-state index in [4.69, 9.17) is 0 Å². The van der Waals surface area contributed by atoms with E-state index < -0.39 is 20.8 Å². The summed E-state index contributed by atoms with van der Waals surface area (Å²) in [5, 5.41) is 0. The van der Waals surface area contributed by atoms with E-state index in [2.05, 4.69) is 8.57 Å². The predicted octanol–water partition coefficient (Wildman–Crippen LogP) is -1.25. The predicted molar refractivity (Wildman–Crippen MR) is 58.2 cm³/mol. The van der Waals surface area contributed by atoms with Gasteiger partial charge >= 0.3 is 21.1 Å². The van der Waals surface area contributed by atoms with Gasteiger partial charge in [0.25, 0.3) is 0 Å². The number of rotatable bonds is 8. The SMILES string of the molecule is CCCNOS(=O)(=O)[O-].CCCNOS(=O)(=O)[O-].[Pt+2]. The van der Waals surface area contributed by atoms with Gasteiger partial charge in [0.15, 0.2) is 0 Å². The number of nitrogens with one attached hydrogen (secondary N) is 2. The van der Waals surface area contributed by atoms with Crippen molar-refractivity contribution in [1.82, 2.24) is 11.0 Å². The maximum atomic E-state index is 9.67. The van der Waals surface area contributed by atoms with Crippen LogP contribution in [0.3, 0.4) is 0 Å². The second-order valence-electron chi connectivity index (χ2n) is 2.77. The molecule has 10 nitrogen and oxygen atoms in total. The van der Waals surface area contributed by atoms with E-state index in [1.54, 1.807) is 0 Å². The Morgan fingerprint density at radius 2 is 1.11 bits per heavy atom. The smallest absolute Gasteiger partial charge is 0.724 e. The van der Waals surface area contributed by atoms with Crippen LogP contribution in [0.5, 0.6) is 0 Å². The van der Waals surface area contributed by atoms with Crippen molar-refractivity contribution >= 4 is 20.8 Å². The summed E-state index contributed by atoms with van der Waals surface area (Å²) in [5.41, 5.74) is 3.95. The second kappa shape index (κ2) is 13.3. The Morgan fingerprint density at radius 1 is 0.842 bits per heavy atom. The second-order valence-corrected chi connectivity index (χ2v) is 4.74. The van der Waals surface area contributed by atoms with Crippen LogP contribution in [0.4, 0.5) is 0 Å². The fraction of sp³-hybridized carbons (Fsp3) is 1.00. The van der Waals surface area contributed by atoms with Crippen LogP contribution in [0.2, 0.25) is 0 Å². The summed E-state index contributed by atoms with van der Waals surface area (Å²) < 4.78 is 65.3. The first-order valence-corrected chi connectivity index (χ1v) is 7.53. The van der Waals surface area contributed by atoms with Gasteiger partial charge in [-0.1, -0.05) is 13.8 Å². The molecule has 0 spiro atoms. The van der Waals surface area contributed by atoms with Crippen LogP contribution < -0.4 is 11.0 Å². The molecule has 2 N–H and O–H groups in total. The molecule has 13 heteroatoms. The molecular weight excluding hydrogens is 487 g/mol. The molecule has 0 aliphatic rings. The minimum Gasteiger partial charge on any atom is -0.724 e. The van der Waals surface area contributed by atoms with Crippen LogP contribution in [-0.4, -0.2) is 39.0 Å². The monoisotopic (exact) mass is 503 g/mol. The van der Waals surface area contributed by atoms with E-state index in [0.717, 1.165) is 0 Å². The number of hydrogen-bond donors (Lipinski definition) is 2. The summed E-state index contributed by atoms with van der Waals surface area (Å²) in [6, 6.07) is 0. The van der Waals surface area contributed by atoms with E-state index in [1.807, 2.05) is 24.8 Å². The van der Waals surface area contributed by atoms with Crippen LogP contribution in [-0.2, 0) is 50.4 Å². The zero-order valence-corrected chi connectivity index (χ0v) is 14.1. The number of hydroxylamine groups is 2. The van der Waals surface area contributed by atoms with E-state index in [1.165, 1.54) is 0 Å². The van der Waals surface area contributed by atoms with Crippen LogP contribution in [0.15, 0.2) is 0 Å². The third kappa shape index (κ3) is 32.2. The van der Waals surface area contributed by atoms with E-state index in [9.17, 15) is 25.9 Å². The molecule has 0 atom stereocenters. The Kier molecular flexibility index (Phi) is 17.1. The maximum Gasteiger partial charge on any atom is 2.00 e. The van der Waals surface area contributed by atoms with Gasteiger partial charge in [-0.2, -0.15) is 19.5 Å². The maximum absolute atomic E-state index is 9.67. The fourth-order valence-corrected chi connectivity index (χ4v) is 0.887. The molecule has 0 saturated carbocycles. The zero-order chi connectivity index (χ0) is 14.7. The van der Waals surface area contributed by atoms with Crippen molar-refractivity contribution in [3.63, 3.8) is 0 Å². The van der Waals surface area contributed by atoms with Gasteiger partial charge in [-0.3, -0.25) is 0 Å². The van der Waals surface area contributed by atoms with Crippen molar-refractivity contribution < 1.29 is 55.6 Å². The van der Waals surface area contributed by atoms with E-state index in [-0.39, 0.29) is 21.1 Å². The molecule has 0 saturated heterocycles. The van der Waals surface area contributed by atoms with Crippen molar-refractivity contribution in [1.29, 1.82) is 0 Å². The summed E-state index contributed by atoms with van der Waals surface area (Å²) in [7, 11) is -9.11. The Labute approximate surface area is 127 Å².